The lowest BCUT2D eigenvalue weighted by Gasteiger charge is -2.14. The van der Waals surface area contributed by atoms with Gasteiger partial charge < -0.3 is 9.84 Å². The Balaban J connectivity index is 1.99. The molecule has 0 aliphatic rings. The minimum atomic E-state index is 0.163. The van der Waals surface area contributed by atoms with Crippen LogP contribution in [-0.4, -0.2) is 11.7 Å². The van der Waals surface area contributed by atoms with Crippen LogP contribution in [0.25, 0.3) is 0 Å². The van der Waals surface area contributed by atoms with E-state index >= 15 is 0 Å². The first kappa shape index (κ1) is 11.5. The van der Waals surface area contributed by atoms with Crippen LogP contribution in [0.2, 0.25) is 0 Å². The standard InChI is InChI=1S/C15H16O2/c1-12(14-9-5-6-10-15(14)16)11-17-13-7-3-2-4-8-13/h2-10,12,16H,11H2,1H3. The van der Waals surface area contributed by atoms with Crippen LogP contribution in [0.15, 0.2) is 54.6 Å². The summed E-state index contributed by atoms with van der Waals surface area (Å²) in [6.07, 6.45) is 0. The number of aromatic hydroxyl groups is 1. The summed E-state index contributed by atoms with van der Waals surface area (Å²) in [4.78, 5) is 0. The van der Waals surface area contributed by atoms with Crippen LogP contribution in [0.5, 0.6) is 11.5 Å². The van der Waals surface area contributed by atoms with Crippen molar-refractivity contribution in [2.45, 2.75) is 12.8 Å². The Morgan fingerprint density at radius 1 is 1.00 bits per heavy atom. The molecular formula is C15H16O2. The van der Waals surface area contributed by atoms with Gasteiger partial charge in [0.1, 0.15) is 11.5 Å². The Hall–Kier alpha value is -1.96. The summed E-state index contributed by atoms with van der Waals surface area (Å²) in [5.41, 5.74) is 0.920. The van der Waals surface area contributed by atoms with Crippen molar-refractivity contribution in [3.05, 3.63) is 60.2 Å². The number of ether oxygens (including phenoxy) is 1. The second-order valence-electron chi connectivity index (χ2n) is 4.08. The first-order valence-electron chi connectivity index (χ1n) is 5.73. The summed E-state index contributed by atoms with van der Waals surface area (Å²) >= 11 is 0. The minimum Gasteiger partial charge on any atom is -0.508 e. The molecule has 0 fully saturated rings. The fraction of sp³-hybridized carbons (Fsp3) is 0.200. The third-order valence-electron chi connectivity index (χ3n) is 2.71. The van der Waals surface area contributed by atoms with Gasteiger partial charge >= 0.3 is 0 Å². The van der Waals surface area contributed by atoms with E-state index < -0.39 is 0 Å². The largest absolute Gasteiger partial charge is 0.508 e. The fourth-order valence-corrected chi connectivity index (χ4v) is 1.73. The molecule has 2 rings (SSSR count). The molecule has 2 aromatic carbocycles. The van der Waals surface area contributed by atoms with Crippen LogP contribution in [0.1, 0.15) is 18.4 Å². The highest BCUT2D eigenvalue weighted by Crippen LogP contribution is 2.25. The van der Waals surface area contributed by atoms with Gasteiger partial charge in [0, 0.05) is 11.5 Å². The quantitative estimate of drug-likeness (QED) is 0.866. The number of phenolic OH excluding ortho intramolecular Hbond substituents is 1. The monoisotopic (exact) mass is 228 g/mol. The second-order valence-corrected chi connectivity index (χ2v) is 4.08. The molecule has 0 aromatic heterocycles. The molecule has 0 radical (unpaired) electrons. The smallest absolute Gasteiger partial charge is 0.119 e. The highest BCUT2D eigenvalue weighted by atomic mass is 16.5. The van der Waals surface area contributed by atoms with Gasteiger partial charge in [0.15, 0.2) is 0 Å². The van der Waals surface area contributed by atoms with E-state index in [4.69, 9.17) is 4.74 Å². The molecule has 1 unspecified atom stereocenters. The summed E-state index contributed by atoms with van der Waals surface area (Å²) < 4.78 is 5.67. The molecule has 0 aliphatic carbocycles. The number of hydrogen-bond acceptors (Lipinski definition) is 2. The molecular weight excluding hydrogens is 212 g/mol. The van der Waals surface area contributed by atoms with Gasteiger partial charge in [-0.05, 0) is 18.2 Å². The maximum atomic E-state index is 9.72. The van der Waals surface area contributed by atoms with Gasteiger partial charge in [0.05, 0.1) is 6.61 Å². The van der Waals surface area contributed by atoms with Crippen LogP contribution in [0.3, 0.4) is 0 Å². The van der Waals surface area contributed by atoms with E-state index in [9.17, 15) is 5.11 Å². The van der Waals surface area contributed by atoms with Crippen molar-refractivity contribution in [1.29, 1.82) is 0 Å². The first-order chi connectivity index (χ1) is 8.27. The summed E-state index contributed by atoms with van der Waals surface area (Å²) in [5, 5.41) is 9.72. The van der Waals surface area contributed by atoms with Gasteiger partial charge in [-0.15, -0.1) is 0 Å². The van der Waals surface area contributed by atoms with Crippen LogP contribution < -0.4 is 4.74 Å². The zero-order chi connectivity index (χ0) is 12.1. The Labute approximate surface area is 101 Å². The Morgan fingerprint density at radius 2 is 1.65 bits per heavy atom. The van der Waals surface area contributed by atoms with Crippen molar-refractivity contribution in [3.8, 4) is 11.5 Å². The van der Waals surface area contributed by atoms with Crippen LogP contribution in [0.4, 0.5) is 0 Å². The van der Waals surface area contributed by atoms with Gasteiger partial charge in [0.2, 0.25) is 0 Å². The van der Waals surface area contributed by atoms with Crippen LogP contribution in [0, 0.1) is 0 Å². The zero-order valence-corrected chi connectivity index (χ0v) is 9.84. The predicted octanol–water partition coefficient (Wildman–Crippen LogP) is 3.57. The Morgan fingerprint density at radius 3 is 2.35 bits per heavy atom. The minimum absolute atomic E-state index is 0.163. The van der Waals surface area contributed by atoms with Crippen molar-refractivity contribution in [1.82, 2.24) is 0 Å². The summed E-state index contributed by atoms with van der Waals surface area (Å²) in [6.45, 7) is 2.60. The molecule has 0 amide bonds. The predicted molar refractivity (Wildman–Crippen MR) is 68.5 cm³/mol. The molecule has 88 valence electrons. The van der Waals surface area contributed by atoms with Gasteiger partial charge in [-0.3, -0.25) is 0 Å². The van der Waals surface area contributed by atoms with E-state index in [0.29, 0.717) is 12.4 Å². The van der Waals surface area contributed by atoms with Gasteiger partial charge in [-0.1, -0.05) is 43.3 Å². The Bertz CT molecular complexity index is 465. The van der Waals surface area contributed by atoms with E-state index in [1.807, 2.05) is 55.5 Å². The van der Waals surface area contributed by atoms with Crippen molar-refractivity contribution >= 4 is 0 Å². The van der Waals surface area contributed by atoms with Gasteiger partial charge in [0.25, 0.3) is 0 Å². The summed E-state index contributed by atoms with van der Waals surface area (Å²) in [7, 11) is 0. The molecule has 17 heavy (non-hydrogen) atoms. The molecule has 0 spiro atoms. The van der Waals surface area contributed by atoms with E-state index in [1.54, 1.807) is 6.07 Å². The van der Waals surface area contributed by atoms with Crippen molar-refractivity contribution in [2.24, 2.45) is 0 Å². The number of rotatable bonds is 4. The van der Waals surface area contributed by atoms with E-state index in [1.165, 1.54) is 0 Å². The molecule has 0 heterocycles. The average Bonchev–Trinajstić information content (AvgIpc) is 2.38. The van der Waals surface area contributed by atoms with Gasteiger partial charge in [-0.25, -0.2) is 0 Å². The first-order valence-corrected chi connectivity index (χ1v) is 5.73. The van der Waals surface area contributed by atoms with Gasteiger partial charge in [-0.2, -0.15) is 0 Å². The lowest BCUT2D eigenvalue weighted by atomic mass is 10.0. The highest BCUT2D eigenvalue weighted by molar-refractivity contribution is 5.34. The number of phenols is 1. The Kier molecular flexibility index (Phi) is 3.66. The van der Waals surface area contributed by atoms with Crippen LogP contribution in [-0.2, 0) is 0 Å². The van der Waals surface area contributed by atoms with E-state index in [-0.39, 0.29) is 5.92 Å². The van der Waals surface area contributed by atoms with Crippen molar-refractivity contribution in [2.75, 3.05) is 6.61 Å². The molecule has 2 heteroatoms. The third-order valence-corrected chi connectivity index (χ3v) is 2.71. The number of benzene rings is 2. The average molecular weight is 228 g/mol. The maximum absolute atomic E-state index is 9.72. The molecule has 2 aromatic rings. The zero-order valence-electron chi connectivity index (χ0n) is 9.84. The molecule has 0 bridgehead atoms. The number of hydrogen-bond donors (Lipinski definition) is 1. The SMILES string of the molecule is CC(COc1ccccc1)c1ccccc1O. The third kappa shape index (κ3) is 3.00. The molecule has 1 atom stereocenters. The lowest BCUT2D eigenvalue weighted by molar-refractivity contribution is 0.293. The van der Waals surface area contributed by atoms with Crippen LogP contribution >= 0.6 is 0 Å². The lowest BCUT2D eigenvalue weighted by Crippen LogP contribution is -2.07. The maximum Gasteiger partial charge on any atom is 0.119 e. The van der Waals surface area contributed by atoms with E-state index in [0.717, 1.165) is 11.3 Å². The molecule has 0 saturated carbocycles. The van der Waals surface area contributed by atoms with Crippen molar-refractivity contribution in [3.63, 3.8) is 0 Å². The second kappa shape index (κ2) is 5.39. The molecule has 2 nitrogen and oxygen atoms in total. The fourth-order valence-electron chi connectivity index (χ4n) is 1.73. The summed E-state index contributed by atoms with van der Waals surface area (Å²) in [5.74, 6) is 1.35. The molecule has 0 aliphatic heterocycles. The topological polar surface area (TPSA) is 29.5 Å². The van der Waals surface area contributed by atoms with Crippen molar-refractivity contribution < 1.29 is 9.84 Å². The summed E-state index contributed by atoms with van der Waals surface area (Å²) in [6, 6.07) is 17.1. The molecule has 1 N–H and O–H groups in total. The molecule has 0 saturated heterocycles. The van der Waals surface area contributed by atoms with E-state index in [2.05, 4.69) is 0 Å². The normalized spacial score (nSPS) is 12.1. The highest BCUT2D eigenvalue weighted by Gasteiger charge is 2.10. The number of para-hydroxylation sites is 2.